The van der Waals surface area contributed by atoms with Crippen molar-refractivity contribution < 1.29 is 66.9 Å². The van der Waals surface area contributed by atoms with Gasteiger partial charge in [-0.1, -0.05) is 0 Å². The second-order valence-electron chi connectivity index (χ2n) is 6.25. The Labute approximate surface area is 190 Å². The van der Waals surface area contributed by atoms with Gasteiger partial charge in [-0.05, 0) is 27.7 Å². The fraction of sp³-hybridized carbons (Fsp3) is 0.789. The van der Waals surface area contributed by atoms with Crippen molar-refractivity contribution in [1.82, 2.24) is 0 Å². The fourth-order valence-electron chi connectivity index (χ4n) is 3.00. The summed E-state index contributed by atoms with van der Waals surface area (Å²) in [6.45, 7) is 5.79. The maximum Gasteiger partial charge on any atom is 0.508 e. The molecule has 1 saturated carbocycles. The lowest BCUT2D eigenvalue weighted by Gasteiger charge is -2.45. The van der Waals surface area contributed by atoms with Gasteiger partial charge in [-0.3, -0.25) is 0 Å². The largest absolute Gasteiger partial charge is 0.508 e. The number of rotatable bonds is 9. The van der Waals surface area contributed by atoms with Gasteiger partial charge in [-0.25, -0.2) is 19.2 Å². The lowest BCUT2D eigenvalue weighted by molar-refractivity contribution is -0.239. The zero-order chi connectivity index (χ0) is 25.0. The first-order chi connectivity index (χ1) is 15.7. The summed E-state index contributed by atoms with van der Waals surface area (Å²) >= 11 is 0. The Morgan fingerprint density at radius 3 is 1.12 bits per heavy atom. The van der Waals surface area contributed by atoms with Crippen LogP contribution in [-0.4, -0.2) is 99.9 Å². The van der Waals surface area contributed by atoms with E-state index in [4.69, 9.17) is 42.6 Å². The van der Waals surface area contributed by atoms with Gasteiger partial charge in [-0.15, -0.1) is 0 Å². The van der Waals surface area contributed by atoms with Crippen molar-refractivity contribution in [2.45, 2.75) is 64.3 Å². The zero-order valence-corrected chi connectivity index (χ0v) is 19.0. The molecule has 6 atom stereocenters. The molecular weight excluding hydrogens is 452 g/mol. The first kappa shape index (κ1) is 28.0. The number of carbonyl (C=O) groups is 4. The molecule has 0 bridgehead atoms. The average Bonchev–Trinajstić information content (AvgIpc) is 2.74. The second kappa shape index (κ2) is 14.2. The SMILES string of the molecule is CCOC(=O)OC1C(O)C(OC)C(OC(=O)OCC)C(OC(=O)OCC)C1OC(=O)OCC. The summed E-state index contributed by atoms with van der Waals surface area (Å²) in [7, 11) is 1.16. The predicted octanol–water partition coefficient (Wildman–Crippen LogP) is 1.54. The van der Waals surface area contributed by atoms with Crippen LogP contribution >= 0.6 is 0 Å². The third kappa shape index (κ3) is 8.13. The van der Waals surface area contributed by atoms with Gasteiger partial charge in [0, 0.05) is 7.11 Å². The van der Waals surface area contributed by atoms with Crippen molar-refractivity contribution in [1.29, 1.82) is 0 Å². The predicted molar refractivity (Wildman–Crippen MR) is 104 cm³/mol. The number of aliphatic hydroxyl groups is 1. The highest BCUT2D eigenvalue weighted by Gasteiger charge is 2.59. The molecule has 33 heavy (non-hydrogen) atoms. The summed E-state index contributed by atoms with van der Waals surface area (Å²) in [5.41, 5.74) is 0. The summed E-state index contributed by atoms with van der Waals surface area (Å²) in [5.74, 6) is 0. The van der Waals surface area contributed by atoms with Crippen LogP contribution in [0.15, 0.2) is 0 Å². The van der Waals surface area contributed by atoms with Crippen LogP contribution in [0.25, 0.3) is 0 Å². The summed E-state index contributed by atoms with van der Waals surface area (Å²) < 4.78 is 44.9. The third-order valence-electron chi connectivity index (χ3n) is 4.22. The minimum atomic E-state index is -1.74. The molecular formula is C19H30O14. The molecule has 0 heterocycles. The van der Waals surface area contributed by atoms with Crippen LogP contribution in [0.2, 0.25) is 0 Å². The van der Waals surface area contributed by atoms with E-state index in [0.717, 1.165) is 7.11 Å². The number of hydrogen-bond donors (Lipinski definition) is 1. The van der Waals surface area contributed by atoms with E-state index in [2.05, 4.69) is 0 Å². The summed E-state index contributed by atoms with van der Waals surface area (Å²) in [6.07, 6.45) is -14.7. The van der Waals surface area contributed by atoms with Gasteiger partial charge in [0.25, 0.3) is 0 Å². The van der Waals surface area contributed by atoms with Crippen molar-refractivity contribution in [3.05, 3.63) is 0 Å². The van der Waals surface area contributed by atoms with Crippen molar-refractivity contribution in [3.63, 3.8) is 0 Å². The molecule has 0 aromatic heterocycles. The van der Waals surface area contributed by atoms with Gasteiger partial charge in [0.15, 0.2) is 24.4 Å². The third-order valence-corrected chi connectivity index (χ3v) is 4.22. The molecule has 0 radical (unpaired) electrons. The average molecular weight is 482 g/mol. The van der Waals surface area contributed by atoms with Crippen molar-refractivity contribution in [2.75, 3.05) is 33.5 Å². The molecule has 1 aliphatic carbocycles. The molecule has 0 aliphatic heterocycles. The standard InChI is InChI=1S/C19H30O14/c1-6-26-16(21)30-12-10(20)11(25-5)13(31-17(22)27-7-2)15(33-19(24)29-9-4)14(12)32-18(23)28-8-3/h10-15,20H,6-9H2,1-5H3. The van der Waals surface area contributed by atoms with Gasteiger partial charge >= 0.3 is 24.6 Å². The summed E-state index contributed by atoms with van der Waals surface area (Å²) in [4.78, 5) is 48.2. The first-order valence-corrected chi connectivity index (χ1v) is 10.3. The Balaban J connectivity index is 3.44. The first-order valence-electron chi connectivity index (χ1n) is 10.3. The van der Waals surface area contributed by atoms with Gasteiger partial charge in [0.2, 0.25) is 0 Å². The van der Waals surface area contributed by atoms with E-state index in [1.807, 2.05) is 0 Å². The van der Waals surface area contributed by atoms with E-state index >= 15 is 0 Å². The zero-order valence-electron chi connectivity index (χ0n) is 19.0. The lowest BCUT2D eigenvalue weighted by atomic mass is 9.84. The van der Waals surface area contributed by atoms with Crippen LogP contribution in [-0.2, 0) is 42.6 Å². The molecule has 0 saturated heterocycles. The summed E-state index contributed by atoms with van der Waals surface area (Å²) in [6, 6.07) is 0. The van der Waals surface area contributed by atoms with E-state index < -0.39 is 61.2 Å². The van der Waals surface area contributed by atoms with E-state index in [1.165, 1.54) is 27.7 Å². The quantitative estimate of drug-likeness (QED) is 0.370. The minimum absolute atomic E-state index is 0.0491. The Hall–Kier alpha value is -3.00. The molecule has 0 aromatic rings. The molecule has 6 unspecified atom stereocenters. The maximum atomic E-state index is 12.1. The molecule has 0 amide bonds. The highest BCUT2D eigenvalue weighted by Crippen LogP contribution is 2.33. The van der Waals surface area contributed by atoms with Crippen LogP contribution in [0, 0.1) is 0 Å². The van der Waals surface area contributed by atoms with Gasteiger partial charge < -0.3 is 47.7 Å². The van der Waals surface area contributed by atoms with Crippen LogP contribution in [0.4, 0.5) is 19.2 Å². The molecule has 1 rings (SSSR count). The van der Waals surface area contributed by atoms with Crippen molar-refractivity contribution in [2.24, 2.45) is 0 Å². The van der Waals surface area contributed by atoms with Gasteiger partial charge in [0.05, 0.1) is 26.4 Å². The van der Waals surface area contributed by atoms with E-state index in [0.29, 0.717) is 0 Å². The fourth-order valence-corrected chi connectivity index (χ4v) is 3.00. The Morgan fingerprint density at radius 1 is 0.545 bits per heavy atom. The molecule has 1 aliphatic rings. The number of ether oxygens (including phenoxy) is 9. The molecule has 0 aromatic carbocycles. The van der Waals surface area contributed by atoms with E-state index in [-0.39, 0.29) is 26.4 Å². The maximum absolute atomic E-state index is 12.1. The minimum Gasteiger partial charge on any atom is -0.435 e. The second-order valence-corrected chi connectivity index (χ2v) is 6.25. The molecule has 190 valence electrons. The Kier molecular flexibility index (Phi) is 12.1. The van der Waals surface area contributed by atoms with Crippen LogP contribution in [0.5, 0.6) is 0 Å². The number of hydrogen-bond acceptors (Lipinski definition) is 14. The van der Waals surface area contributed by atoms with E-state index in [9.17, 15) is 24.3 Å². The smallest absolute Gasteiger partial charge is 0.435 e. The number of aliphatic hydroxyl groups excluding tert-OH is 1. The van der Waals surface area contributed by atoms with Gasteiger partial charge in [0.1, 0.15) is 12.2 Å². The Morgan fingerprint density at radius 2 is 0.818 bits per heavy atom. The lowest BCUT2D eigenvalue weighted by Crippen LogP contribution is -2.68. The van der Waals surface area contributed by atoms with Crippen molar-refractivity contribution in [3.8, 4) is 0 Å². The number of methoxy groups -OCH3 is 1. The van der Waals surface area contributed by atoms with Crippen molar-refractivity contribution >= 4 is 24.6 Å². The van der Waals surface area contributed by atoms with E-state index in [1.54, 1.807) is 0 Å². The Bertz CT molecular complexity index is 652. The topological polar surface area (TPSA) is 172 Å². The van der Waals surface area contributed by atoms with Crippen LogP contribution < -0.4 is 0 Å². The highest BCUT2D eigenvalue weighted by atomic mass is 16.8. The number of carbonyl (C=O) groups excluding carboxylic acids is 4. The highest BCUT2D eigenvalue weighted by molar-refractivity contribution is 5.63. The van der Waals surface area contributed by atoms with Gasteiger partial charge in [-0.2, -0.15) is 0 Å². The summed E-state index contributed by atoms with van der Waals surface area (Å²) in [5, 5.41) is 10.8. The van der Waals surface area contributed by atoms with Crippen LogP contribution in [0.1, 0.15) is 27.7 Å². The molecule has 1 N–H and O–H groups in total. The molecule has 14 nitrogen and oxygen atoms in total. The van der Waals surface area contributed by atoms with Crippen LogP contribution in [0.3, 0.4) is 0 Å². The molecule has 1 fully saturated rings. The molecule has 14 heteroatoms. The monoisotopic (exact) mass is 482 g/mol. The normalized spacial score (nSPS) is 26.4. The molecule has 0 spiro atoms.